The summed E-state index contributed by atoms with van der Waals surface area (Å²) in [6.45, 7) is 0. The van der Waals surface area contributed by atoms with E-state index >= 15 is 0 Å². The molecule has 2 aliphatic heterocycles. The molecule has 0 spiro atoms. The number of amides is 2. The van der Waals surface area contributed by atoms with Crippen LogP contribution >= 0.6 is 58.5 Å². The summed E-state index contributed by atoms with van der Waals surface area (Å²) >= 11 is 15.8. The molecule has 1 unspecified atom stereocenters. The van der Waals surface area contributed by atoms with Gasteiger partial charge in [-0.3, -0.25) is 14.5 Å². The lowest BCUT2D eigenvalue weighted by atomic mass is 10.0. The molecule has 38 heavy (non-hydrogen) atoms. The Morgan fingerprint density at radius 3 is 2.84 bits per heavy atom. The number of aromatic nitrogens is 5. The SMILES string of the molecule is O=C(CSc1cc(Cl)nc(Cl)c1)N[C@@H]1C(=O)N2C(C(=O)O)=C(/C=C/CSc3nccc4nc[nH][n+]34)CSC12. The summed E-state index contributed by atoms with van der Waals surface area (Å²) in [5.41, 5.74) is 1.20. The molecule has 196 valence electrons. The summed E-state index contributed by atoms with van der Waals surface area (Å²) in [7, 11) is 0. The van der Waals surface area contributed by atoms with Crippen LogP contribution in [0.2, 0.25) is 10.3 Å². The highest BCUT2D eigenvalue weighted by atomic mass is 35.5. The highest BCUT2D eigenvalue weighted by molar-refractivity contribution is 8.00. The van der Waals surface area contributed by atoms with E-state index in [0.717, 1.165) is 5.65 Å². The van der Waals surface area contributed by atoms with Crippen molar-refractivity contribution in [3.05, 3.63) is 64.5 Å². The Kier molecular flexibility index (Phi) is 8.14. The molecule has 5 rings (SSSR count). The first-order valence-electron chi connectivity index (χ1n) is 11.0. The third kappa shape index (κ3) is 5.64. The summed E-state index contributed by atoms with van der Waals surface area (Å²) in [6.07, 6.45) is 6.79. The van der Waals surface area contributed by atoms with Gasteiger partial charge in [-0.1, -0.05) is 40.3 Å². The van der Waals surface area contributed by atoms with Gasteiger partial charge in [-0.05, 0) is 29.5 Å². The molecule has 3 aromatic heterocycles. The lowest BCUT2D eigenvalue weighted by Crippen LogP contribution is -2.70. The highest BCUT2D eigenvalue weighted by Gasteiger charge is 2.53. The average Bonchev–Trinajstić information content (AvgIpc) is 3.37. The molecule has 5 heterocycles. The fraction of sp³-hybridized carbons (Fsp3) is 0.227. The number of allylic oxidation sites excluding steroid dienone is 1. The third-order valence-electron chi connectivity index (χ3n) is 5.46. The van der Waals surface area contributed by atoms with Crippen molar-refractivity contribution in [1.82, 2.24) is 30.3 Å². The number of thioether (sulfide) groups is 3. The zero-order chi connectivity index (χ0) is 26.8. The van der Waals surface area contributed by atoms with Gasteiger partial charge in [0.15, 0.2) is 6.33 Å². The number of aliphatic carboxylic acids is 1. The number of fused-ring (bicyclic) bond motifs is 2. The zero-order valence-corrected chi connectivity index (χ0v) is 23.2. The van der Waals surface area contributed by atoms with Crippen LogP contribution in [0.15, 0.2) is 64.2 Å². The van der Waals surface area contributed by atoms with Crippen molar-refractivity contribution in [1.29, 1.82) is 0 Å². The van der Waals surface area contributed by atoms with E-state index in [4.69, 9.17) is 23.2 Å². The van der Waals surface area contributed by atoms with Crippen LogP contribution in [0.4, 0.5) is 0 Å². The fourth-order valence-electron chi connectivity index (χ4n) is 3.85. The van der Waals surface area contributed by atoms with Crippen molar-refractivity contribution in [3.63, 3.8) is 0 Å². The molecule has 0 aromatic carbocycles. The number of H-pyrrole nitrogens is 1. The van der Waals surface area contributed by atoms with Crippen molar-refractivity contribution in [2.24, 2.45) is 0 Å². The summed E-state index contributed by atoms with van der Waals surface area (Å²) in [4.78, 5) is 51.7. The molecule has 0 aliphatic carbocycles. The van der Waals surface area contributed by atoms with Crippen molar-refractivity contribution in [3.8, 4) is 0 Å². The standard InChI is InChI=1S/C22H17Cl2N7O4S3/c23-13-6-12(7-14(24)28-13)37-9-16(32)29-17-19(33)30-18(21(34)35)11(8-38-20(17)30)2-1-5-36-22-25-4-3-15-26-10-27-31(15)22/h1-4,6-7,10,17,20H,5,8-9H2,(H2,29,32,34,35)/p+1/b2-1+/t17-,20?/m1/s1. The van der Waals surface area contributed by atoms with E-state index in [1.165, 1.54) is 40.2 Å². The summed E-state index contributed by atoms with van der Waals surface area (Å²) in [6, 6.07) is 4.15. The van der Waals surface area contributed by atoms with E-state index in [1.807, 2.05) is 6.08 Å². The molecular weight excluding hydrogens is 593 g/mol. The Morgan fingerprint density at radius 1 is 1.29 bits per heavy atom. The Morgan fingerprint density at radius 2 is 2.08 bits per heavy atom. The number of hydrogen-bond donors (Lipinski definition) is 3. The summed E-state index contributed by atoms with van der Waals surface area (Å²) < 4.78 is 1.74. The van der Waals surface area contributed by atoms with Crippen LogP contribution in [0, 0.1) is 0 Å². The highest BCUT2D eigenvalue weighted by Crippen LogP contribution is 2.40. The topological polar surface area (TPSA) is 145 Å². The molecule has 0 radical (unpaired) electrons. The van der Waals surface area contributed by atoms with Gasteiger partial charge in [0.25, 0.3) is 11.6 Å². The van der Waals surface area contributed by atoms with E-state index < -0.39 is 23.3 Å². The van der Waals surface area contributed by atoms with E-state index in [1.54, 1.807) is 41.3 Å². The number of carbonyl (C=O) groups is 3. The molecule has 2 atom stereocenters. The van der Waals surface area contributed by atoms with E-state index in [-0.39, 0.29) is 27.7 Å². The second-order valence-corrected chi connectivity index (χ2v) is 11.8. The Bertz CT molecular complexity index is 1480. The van der Waals surface area contributed by atoms with Crippen molar-refractivity contribution < 1.29 is 24.0 Å². The van der Waals surface area contributed by atoms with Crippen LogP contribution in [-0.2, 0) is 14.4 Å². The lowest BCUT2D eigenvalue weighted by Gasteiger charge is -2.49. The number of halogens is 2. The molecule has 16 heteroatoms. The number of aromatic amines is 1. The molecule has 1 fully saturated rings. The molecule has 0 saturated carbocycles. The van der Waals surface area contributed by atoms with Gasteiger partial charge in [0.2, 0.25) is 5.91 Å². The second kappa shape index (κ2) is 11.5. The number of rotatable bonds is 9. The van der Waals surface area contributed by atoms with Crippen LogP contribution < -0.4 is 9.83 Å². The normalized spacial score (nSPS) is 19.1. The Labute approximate surface area is 238 Å². The summed E-state index contributed by atoms with van der Waals surface area (Å²) in [5.74, 6) is -1.07. The van der Waals surface area contributed by atoms with Crippen molar-refractivity contribution >= 4 is 81.9 Å². The predicted molar refractivity (Wildman–Crippen MR) is 144 cm³/mol. The number of nitrogens with one attached hydrogen (secondary N) is 2. The number of nitrogens with zero attached hydrogens (tertiary/aromatic N) is 5. The van der Waals surface area contributed by atoms with Crippen molar-refractivity contribution in [2.45, 2.75) is 21.5 Å². The predicted octanol–water partition coefficient (Wildman–Crippen LogP) is 2.42. The quantitative estimate of drug-likeness (QED) is 0.108. The van der Waals surface area contributed by atoms with Crippen molar-refractivity contribution in [2.75, 3.05) is 17.3 Å². The minimum absolute atomic E-state index is 0.0323. The van der Waals surface area contributed by atoms with E-state index in [2.05, 4.69) is 25.4 Å². The van der Waals surface area contributed by atoms with Gasteiger partial charge in [-0.15, -0.1) is 33.0 Å². The molecule has 11 nitrogen and oxygen atoms in total. The minimum Gasteiger partial charge on any atom is -0.477 e. The fourth-order valence-corrected chi connectivity index (χ4v) is 7.28. The number of β-lactam (4-membered cyclic amide) rings is 1. The molecule has 0 bridgehead atoms. The maximum Gasteiger partial charge on any atom is 0.352 e. The largest absolute Gasteiger partial charge is 0.477 e. The second-order valence-electron chi connectivity index (χ2n) is 7.89. The van der Waals surface area contributed by atoms with Gasteiger partial charge in [0, 0.05) is 16.4 Å². The first-order chi connectivity index (χ1) is 18.3. The monoisotopic (exact) mass is 610 g/mol. The van der Waals surface area contributed by atoms with Gasteiger partial charge in [-0.25, -0.2) is 14.9 Å². The van der Waals surface area contributed by atoms with Crippen LogP contribution in [-0.4, -0.2) is 76.5 Å². The molecule has 2 aliphatic rings. The maximum absolute atomic E-state index is 12.9. The summed E-state index contributed by atoms with van der Waals surface area (Å²) in [5, 5.41) is 16.2. The van der Waals surface area contributed by atoms with Gasteiger partial charge >= 0.3 is 11.1 Å². The minimum atomic E-state index is -1.19. The van der Waals surface area contributed by atoms with Gasteiger partial charge in [0.1, 0.15) is 33.6 Å². The van der Waals surface area contributed by atoms with Crippen LogP contribution in [0.1, 0.15) is 0 Å². The average molecular weight is 612 g/mol. The van der Waals surface area contributed by atoms with Gasteiger partial charge in [-0.2, -0.15) is 0 Å². The molecule has 3 aromatic rings. The van der Waals surface area contributed by atoms with Gasteiger partial charge < -0.3 is 10.4 Å². The van der Waals surface area contributed by atoms with Crippen LogP contribution in [0.3, 0.4) is 0 Å². The number of hydrogen-bond acceptors (Lipinski definition) is 9. The Hall–Kier alpha value is -2.78. The first kappa shape index (κ1) is 26.8. The first-order valence-corrected chi connectivity index (χ1v) is 14.8. The van der Waals surface area contributed by atoms with Crippen LogP contribution in [0.25, 0.3) is 5.65 Å². The van der Waals surface area contributed by atoms with E-state index in [0.29, 0.717) is 27.1 Å². The van der Waals surface area contributed by atoms with E-state index in [9.17, 15) is 19.5 Å². The number of pyridine rings is 1. The molecule has 3 N–H and O–H groups in total. The smallest absolute Gasteiger partial charge is 0.352 e. The lowest BCUT2D eigenvalue weighted by molar-refractivity contribution is -0.622. The molecule has 2 amide bonds. The molecule has 1 saturated heterocycles. The maximum atomic E-state index is 12.9. The molecular formula is C22H18Cl2N7O4S3+. The number of carboxylic acid groups (broad SMARTS) is 1. The zero-order valence-electron chi connectivity index (χ0n) is 19.2. The number of carbonyl (C=O) groups excluding carboxylic acids is 2. The number of carboxylic acids is 1. The van der Waals surface area contributed by atoms with Gasteiger partial charge in [0.05, 0.1) is 11.8 Å². The van der Waals surface area contributed by atoms with Crippen LogP contribution in [0.5, 0.6) is 0 Å². The Balaban J connectivity index is 1.20. The third-order valence-corrected chi connectivity index (χ3v) is 9.03.